The number of hydrogen-bond donors (Lipinski definition) is 0. The quantitative estimate of drug-likeness (QED) is 0.690. The van der Waals surface area contributed by atoms with E-state index in [9.17, 15) is 4.79 Å². The Morgan fingerprint density at radius 1 is 1.24 bits per heavy atom. The number of ether oxygens (including phenoxy) is 1. The van der Waals surface area contributed by atoms with E-state index >= 15 is 0 Å². The van der Waals surface area contributed by atoms with Crippen molar-refractivity contribution in [2.24, 2.45) is 0 Å². The summed E-state index contributed by atoms with van der Waals surface area (Å²) in [7, 11) is 0. The molecule has 0 N–H and O–H groups in total. The molecule has 0 aliphatic heterocycles. The molecule has 3 aromatic heterocycles. The molecule has 0 saturated carbocycles. The molecule has 0 aliphatic carbocycles. The molecule has 3 aromatic rings. The van der Waals surface area contributed by atoms with Gasteiger partial charge in [0.15, 0.2) is 0 Å². The second kappa shape index (κ2) is 5.40. The molecule has 0 fully saturated rings. The molecule has 4 heteroatoms. The van der Waals surface area contributed by atoms with Crippen LogP contribution < -0.4 is 0 Å². The Kier molecular flexibility index (Phi) is 3.44. The number of hydrogen-bond acceptors (Lipinski definition) is 3. The fraction of sp³-hybridized carbons (Fsp3) is 0.176. The SMILES string of the molecule is CCOC(=O)c1c(C)c2ccccn2c1-c1ccccn1. The van der Waals surface area contributed by atoms with Gasteiger partial charge in [-0.05, 0) is 43.7 Å². The van der Waals surface area contributed by atoms with Gasteiger partial charge in [-0.25, -0.2) is 4.79 Å². The molecule has 0 saturated heterocycles. The molecular weight excluding hydrogens is 264 g/mol. The third kappa shape index (κ3) is 2.18. The van der Waals surface area contributed by atoms with E-state index in [0.717, 1.165) is 22.5 Å². The predicted octanol–water partition coefficient (Wildman–Crippen LogP) is 3.49. The van der Waals surface area contributed by atoms with Crippen LogP contribution in [0, 0.1) is 6.92 Å². The van der Waals surface area contributed by atoms with E-state index in [4.69, 9.17) is 4.74 Å². The number of fused-ring (bicyclic) bond motifs is 1. The van der Waals surface area contributed by atoms with E-state index in [-0.39, 0.29) is 5.97 Å². The summed E-state index contributed by atoms with van der Waals surface area (Å²) in [6.07, 6.45) is 3.66. The van der Waals surface area contributed by atoms with Crippen LogP contribution in [0.15, 0.2) is 48.8 Å². The van der Waals surface area contributed by atoms with Gasteiger partial charge in [0, 0.05) is 17.9 Å². The van der Waals surface area contributed by atoms with Gasteiger partial charge in [0.05, 0.1) is 23.6 Å². The van der Waals surface area contributed by atoms with Gasteiger partial charge in [-0.15, -0.1) is 0 Å². The average Bonchev–Trinajstić information content (AvgIpc) is 2.82. The number of nitrogens with zero attached hydrogens (tertiary/aromatic N) is 2. The summed E-state index contributed by atoms with van der Waals surface area (Å²) in [4.78, 5) is 16.8. The minimum absolute atomic E-state index is 0.306. The number of carbonyl (C=O) groups excluding carboxylic acids is 1. The largest absolute Gasteiger partial charge is 0.462 e. The highest BCUT2D eigenvalue weighted by Gasteiger charge is 2.23. The Labute approximate surface area is 123 Å². The summed E-state index contributed by atoms with van der Waals surface area (Å²) in [6, 6.07) is 11.6. The minimum Gasteiger partial charge on any atom is -0.462 e. The van der Waals surface area contributed by atoms with E-state index in [1.165, 1.54) is 0 Å². The van der Waals surface area contributed by atoms with Crippen molar-refractivity contribution >= 4 is 11.5 Å². The molecule has 21 heavy (non-hydrogen) atoms. The number of pyridine rings is 2. The zero-order chi connectivity index (χ0) is 14.8. The summed E-state index contributed by atoms with van der Waals surface area (Å²) in [5.41, 5.74) is 4.02. The van der Waals surface area contributed by atoms with Gasteiger partial charge >= 0.3 is 5.97 Å². The van der Waals surface area contributed by atoms with Crippen molar-refractivity contribution in [2.45, 2.75) is 13.8 Å². The number of aromatic nitrogens is 2. The maximum atomic E-state index is 12.4. The zero-order valence-corrected chi connectivity index (χ0v) is 12.0. The van der Waals surface area contributed by atoms with E-state index in [1.807, 2.05) is 60.8 Å². The van der Waals surface area contributed by atoms with Crippen LogP contribution in [0.4, 0.5) is 0 Å². The number of aryl methyl sites for hydroxylation is 1. The molecule has 0 aliphatic rings. The lowest BCUT2D eigenvalue weighted by molar-refractivity contribution is 0.0526. The molecule has 3 heterocycles. The van der Waals surface area contributed by atoms with Crippen LogP contribution in [0.5, 0.6) is 0 Å². The highest BCUT2D eigenvalue weighted by atomic mass is 16.5. The summed E-state index contributed by atoms with van der Waals surface area (Å²) in [5, 5.41) is 0. The van der Waals surface area contributed by atoms with Crippen LogP contribution in [0.1, 0.15) is 22.8 Å². The minimum atomic E-state index is -0.306. The summed E-state index contributed by atoms with van der Waals surface area (Å²) >= 11 is 0. The topological polar surface area (TPSA) is 43.6 Å². The van der Waals surface area contributed by atoms with Gasteiger partial charge in [0.1, 0.15) is 0 Å². The van der Waals surface area contributed by atoms with Gasteiger partial charge in [-0.2, -0.15) is 0 Å². The summed E-state index contributed by atoms with van der Waals surface area (Å²) in [5.74, 6) is -0.306. The molecule has 0 amide bonds. The molecule has 0 bridgehead atoms. The normalized spacial score (nSPS) is 10.8. The van der Waals surface area contributed by atoms with Crippen molar-refractivity contribution in [1.29, 1.82) is 0 Å². The highest BCUT2D eigenvalue weighted by molar-refractivity contribution is 6.00. The molecule has 0 aromatic carbocycles. The molecule has 106 valence electrons. The van der Waals surface area contributed by atoms with E-state index in [0.29, 0.717) is 12.2 Å². The molecule has 0 atom stereocenters. The fourth-order valence-corrected chi connectivity index (χ4v) is 2.58. The molecule has 4 nitrogen and oxygen atoms in total. The van der Waals surface area contributed by atoms with Crippen molar-refractivity contribution in [3.63, 3.8) is 0 Å². The first kappa shape index (κ1) is 13.4. The Hall–Kier alpha value is -2.62. The number of rotatable bonds is 3. The lowest BCUT2D eigenvalue weighted by Gasteiger charge is -2.06. The Morgan fingerprint density at radius 2 is 2.05 bits per heavy atom. The van der Waals surface area contributed by atoms with Gasteiger partial charge in [0.2, 0.25) is 0 Å². The van der Waals surface area contributed by atoms with Crippen LogP contribution in [-0.4, -0.2) is 22.0 Å². The smallest absolute Gasteiger partial charge is 0.340 e. The van der Waals surface area contributed by atoms with Crippen molar-refractivity contribution in [1.82, 2.24) is 9.38 Å². The summed E-state index contributed by atoms with van der Waals surface area (Å²) in [6.45, 7) is 4.10. The van der Waals surface area contributed by atoms with Crippen LogP contribution in [0.3, 0.4) is 0 Å². The number of carbonyl (C=O) groups is 1. The third-order valence-corrected chi connectivity index (χ3v) is 3.48. The van der Waals surface area contributed by atoms with E-state index in [2.05, 4.69) is 4.98 Å². The Balaban J connectivity index is 2.35. The first-order valence-corrected chi connectivity index (χ1v) is 6.92. The summed E-state index contributed by atoms with van der Waals surface area (Å²) < 4.78 is 7.21. The van der Waals surface area contributed by atoms with Gasteiger partial charge < -0.3 is 9.14 Å². The third-order valence-electron chi connectivity index (χ3n) is 3.48. The van der Waals surface area contributed by atoms with Crippen LogP contribution in [0.25, 0.3) is 16.9 Å². The van der Waals surface area contributed by atoms with Gasteiger partial charge in [0.25, 0.3) is 0 Å². The number of esters is 1. The van der Waals surface area contributed by atoms with Crippen molar-refractivity contribution in [3.05, 3.63) is 59.9 Å². The first-order valence-electron chi connectivity index (χ1n) is 6.92. The predicted molar refractivity (Wildman–Crippen MR) is 81.3 cm³/mol. The van der Waals surface area contributed by atoms with Gasteiger partial charge in [-0.3, -0.25) is 4.98 Å². The second-order valence-electron chi connectivity index (χ2n) is 4.74. The van der Waals surface area contributed by atoms with Crippen LogP contribution in [0.2, 0.25) is 0 Å². The standard InChI is InChI=1S/C17H16N2O2/c1-3-21-17(20)15-12(2)14-9-5-7-11-19(14)16(15)13-8-4-6-10-18-13/h4-11H,3H2,1-2H3. The van der Waals surface area contributed by atoms with Crippen molar-refractivity contribution in [2.75, 3.05) is 6.61 Å². The Bertz CT molecular complexity index is 791. The monoisotopic (exact) mass is 280 g/mol. The van der Waals surface area contributed by atoms with E-state index < -0.39 is 0 Å². The maximum absolute atomic E-state index is 12.4. The molecule has 0 unspecified atom stereocenters. The molecule has 0 radical (unpaired) electrons. The lowest BCUT2D eigenvalue weighted by Crippen LogP contribution is -2.07. The van der Waals surface area contributed by atoms with Crippen LogP contribution in [-0.2, 0) is 4.74 Å². The average molecular weight is 280 g/mol. The molecular formula is C17H16N2O2. The molecule has 3 rings (SSSR count). The van der Waals surface area contributed by atoms with Crippen molar-refractivity contribution < 1.29 is 9.53 Å². The lowest BCUT2D eigenvalue weighted by atomic mass is 10.1. The zero-order valence-electron chi connectivity index (χ0n) is 12.0. The fourth-order valence-electron chi connectivity index (χ4n) is 2.58. The van der Waals surface area contributed by atoms with Crippen molar-refractivity contribution in [3.8, 4) is 11.4 Å². The molecule has 0 spiro atoms. The van der Waals surface area contributed by atoms with Crippen LogP contribution >= 0.6 is 0 Å². The van der Waals surface area contributed by atoms with E-state index in [1.54, 1.807) is 6.20 Å². The highest BCUT2D eigenvalue weighted by Crippen LogP contribution is 2.30. The van der Waals surface area contributed by atoms with Gasteiger partial charge in [-0.1, -0.05) is 12.1 Å². The Morgan fingerprint density at radius 3 is 2.76 bits per heavy atom. The maximum Gasteiger partial charge on any atom is 0.340 e. The first-order chi connectivity index (χ1) is 10.2. The second-order valence-corrected chi connectivity index (χ2v) is 4.74.